The van der Waals surface area contributed by atoms with Gasteiger partial charge in [-0.2, -0.15) is 0 Å². The highest BCUT2D eigenvalue weighted by atomic mass is 14.2. The summed E-state index contributed by atoms with van der Waals surface area (Å²) >= 11 is 0. The summed E-state index contributed by atoms with van der Waals surface area (Å²) in [5.41, 5.74) is 9.03. The van der Waals surface area contributed by atoms with Crippen molar-refractivity contribution in [1.29, 1.82) is 0 Å². The minimum Gasteiger partial charge on any atom is -0.0654 e. The Morgan fingerprint density at radius 1 is 0.158 bits per heavy atom. The van der Waals surface area contributed by atoms with Crippen LogP contribution in [0.1, 0.15) is 508 Å². The van der Waals surface area contributed by atoms with E-state index in [4.69, 9.17) is 0 Å². The molecule has 0 bridgehead atoms. The SMILES string of the molecule is CCC(C)CCCCCCCC(C)c1ccccc1.CCCCCC(C)CCCCC(C)c1ccccc1.CCCCCCC(C)CCC(CC)c1ccccc1.CCCCCCCC(C)CCC(C)c1ccccc1.CCCCCCCCC(C)CC(C)c1ccccc1.CCCCCCCCCCCC(C)c1ccccc1. The first-order valence-corrected chi connectivity index (χ1v) is 49.9. The molecule has 0 saturated carbocycles. The lowest BCUT2D eigenvalue weighted by molar-refractivity contribution is 0.421. The molecule has 0 fully saturated rings. The molecular weight excluding hydrogens is 1370 g/mol. The standard InChI is InChI=1S/6C19H32/c1-4-17(2)13-9-6-5-7-10-14-18(3)19-15-11-8-12-16-19;1-4-5-7-12-17(2)13-10-11-14-18(3)19-15-8-6-9-16-19;1-4-5-6-7-9-12-17(2)15-16-18(3)19-13-10-8-11-14-19;1-4-5-6-7-8-10-13-17(2)16-18(3)19-14-11-9-12-15-19;1-4-6-7-9-12-17(3)15-16-18(5-2)19-13-10-8-11-14-19;1-3-4-5-6-7-8-9-10-12-15-18(2)19-16-13-11-14-17-19/h8,11-12,15-18H,4-7,9-10,13-14H2,1-3H3;6,8-9,15-18H,4-5,7,10-14H2,1-3H3;8,10-11,13-14,17-18H,4-7,9,12,15-16H2,1-3H3;9,11-12,14-15,17-18H,4-8,10,13,16H2,1-3H3;8,10-11,13-14,17-18H,4-7,9,12,15-16H2,1-3H3;11,13-14,16-18H,3-10,12,15H2,1-2H3. The summed E-state index contributed by atoms with van der Waals surface area (Å²) < 4.78 is 0. The molecule has 0 spiro atoms. The molecular formula is C114H192. The third-order valence-electron chi connectivity index (χ3n) is 25.5. The Bertz CT molecular complexity index is 2800. The van der Waals surface area contributed by atoms with Crippen molar-refractivity contribution in [3.05, 3.63) is 215 Å². The van der Waals surface area contributed by atoms with Crippen molar-refractivity contribution in [3.8, 4) is 0 Å². The largest absolute Gasteiger partial charge is 0.0654 e. The first kappa shape index (κ1) is 107. The lowest BCUT2D eigenvalue weighted by atomic mass is 9.87. The molecule has 6 aromatic carbocycles. The zero-order valence-electron chi connectivity index (χ0n) is 79.0. The van der Waals surface area contributed by atoms with E-state index in [-0.39, 0.29) is 0 Å². The van der Waals surface area contributed by atoms with Gasteiger partial charge in [0.15, 0.2) is 0 Å². The van der Waals surface area contributed by atoms with Gasteiger partial charge in [0.05, 0.1) is 0 Å². The van der Waals surface area contributed by atoms with Crippen LogP contribution in [0.3, 0.4) is 0 Å². The highest BCUT2D eigenvalue weighted by Gasteiger charge is 2.15. The number of rotatable bonds is 61. The molecule has 11 unspecified atom stereocenters. The molecule has 6 rings (SSSR count). The van der Waals surface area contributed by atoms with Gasteiger partial charge < -0.3 is 0 Å². The van der Waals surface area contributed by atoms with Crippen LogP contribution in [0.15, 0.2) is 182 Å². The monoisotopic (exact) mass is 1560 g/mol. The maximum Gasteiger partial charge on any atom is -0.0164 e. The van der Waals surface area contributed by atoms with Gasteiger partial charge in [0.2, 0.25) is 0 Å². The van der Waals surface area contributed by atoms with Gasteiger partial charge in [-0.1, -0.05) is 576 Å². The van der Waals surface area contributed by atoms with Gasteiger partial charge in [-0.15, -0.1) is 0 Å². The van der Waals surface area contributed by atoms with Crippen molar-refractivity contribution in [1.82, 2.24) is 0 Å². The van der Waals surface area contributed by atoms with Crippen molar-refractivity contribution in [2.45, 2.75) is 474 Å². The Hall–Kier alpha value is -4.68. The van der Waals surface area contributed by atoms with Crippen molar-refractivity contribution in [2.24, 2.45) is 29.6 Å². The topological polar surface area (TPSA) is 0 Å². The van der Waals surface area contributed by atoms with Gasteiger partial charge in [-0.3, -0.25) is 0 Å². The first-order valence-electron chi connectivity index (χ1n) is 49.9. The Labute approximate surface area is 714 Å². The highest BCUT2D eigenvalue weighted by Crippen LogP contribution is 2.32. The van der Waals surface area contributed by atoms with Gasteiger partial charge in [0.1, 0.15) is 0 Å². The lowest BCUT2D eigenvalue weighted by Crippen LogP contribution is -2.02. The molecule has 0 heterocycles. The van der Waals surface area contributed by atoms with Crippen molar-refractivity contribution >= 4 is 0 Å². The molecule has 0 aliphatic rings. The van der Waals surface area contributed by atoms with E-state index in [0.29, 0.717) is 11.8 Å². The average Bonchev–Trinajstić information content (AvgIpc) is 0.918. The predicted molar refractivity (Wildman–Crippen MR) is 520 cm³/mol. The molecule has 6 aromatic rings. The van der Waals surface area contributed by atoms with Gasteiger partial charge in [-0.25, -0.2) is 0 Å². The molecule has 0 N–H and O–H groups in total. The van der Waals surface area contributed by atoms with E-state index in [1.165, 1.54) is 354 Å². The molecule has 114 heavy (non-hydrogen) atoms. The van der Waals surface area contributed by atoms with Crippen LogP contribution in [0.25, 0.3) is 0 Å². The molecule has 0 radical (unpaired) electrons. The first-order chi connectivity index (χ1) is 55.6. The maximum atomic E-state index is 2.43. The molecule has 0 saturated heterocycles. The zero-order chi connectivity index (χ0) is 83.4. The van der Waals surface area contributed by atoms with E-state index in [1.807, 2.05) is 0 Å². The van der Waals surface area contributed by atoms with Crippen molar-refractivity contribution in [2.75, 3.05) is 0 Å². The van der Waals surface area contributed by atoms with E-state index in [2.05, 4.69) is 300 Å². The highest BCUT2D eigenvalue weighted by molar-refractivity contribution is 5.23. The van der Waals surface area contributed by atoms with Crippen LogP contribution in [-0.4, -0.2) is 0 Å². The summed E-state index contributed by atoms with van der Waals surface area (Å²) in [6, 6.07) is 65.8. The molecule has 0 aliphatic heterocycles. The number of unbranched alkanes of at least 4 members (excludes halogenated alkanes) is 27. The Morgan fingerprint density at radius 3 is 0.667 bits per heavy atom. The summed E-state index contributed by atoms with van der Waals surface area (Å²) in [6.07, 6.45) is 70.1. The van der Waals surface area contributed by atoms with E-state index in [0.717, 1.165) is 53.3 Å². The van der Waals surface area contributed by atoms with Crippen LogP contribution in [0.2, 0.25) is 0 Å². The lowest BCUT2D eigenvalue weighted by Gasteiger charge is -2.18. The van der Waals surface area contributed by atoms with E-state index < -0.39 is 0 Å². The minimum atomic E-state index is 0.705. The number of hydrogen-bond donors (Lipinski definition) is 0. The summed E-state index contributed by atoms with van der Waals surface area (Å²) in [5, 5.41) is 0. The van der Waals surface area contributed by atoms with E-state index in [9.17, 15) is 0 Å². The van der Waals surface area contributed by atoms with Gasteiger partial charge in [0.25, 0.3) is 0 Å². The van der Waals surface area contributed by atoms with Crippen LogP contribution in [-0.2, 0) is 0 Å². The smallest absolute Gasteiger partial charge is 0.0164 e. The minimum absolute atomic E-state index is 0.705. The van der Waals surface area contributed by atoms with Crippen LogP contribution in [0.4, 0.5) is 0 Å². The van der Waals surface area contributed by atoms with E-state index >= 15 is 0 Å². The van der Waals surface area contributed by atoms with Gasteiger partial charge in [-0.05, 0) is 143 Å². The van der Waals surface area contributed by atoms with Gasteiger partial charge >= 0.3 is 0 Å². The molecule has 648 valence electrons. The van der Waals surface area contributed by atoms with Crippen LogP contribution < -0.4 is 0 Å². The van der Waals surface area contributed by atoms with Crippen LogP contribution in [0.5, 0.6) is 0 Å². The van der Waals surface area contributed by atoms with Crippen molar-refractivity contribution < 1.29 is 0 Å². The molecule has 0 heteroatoms. The molecule has 0 aromatic heterocycles. The van der Waals surface area contributed by atoms with Crippen LogP contribution in [0, 0.1) is 29.6 Å². The molecule has 0 amide bonds. The van der Waals surface area contributed by atoms with Crippen LogP contribution >= 0.6 is 0 Å². The van der Waals surface area contributed by atoms with E-state index in [1.54, 1.807) is 0 Å². The Balaban J connectivity index is 0.000000684. The average molecular weight is 1560 g/mol. The fourth-order valence-electron chi connectivity index (χ4n) is 16.6. The number of benzene rings is 6. The van der Waals surface area contributed by atoms with Crippen molar-refractivity contribution in [3.63, 3.8) is 0 Å². The quantitative estimate of drug-likeness (QED) is 0.0334. The second kappa shape index (κ2) is 78.2. The predicted octanol–water partition coefficient (Wildman–Crippen LogP) is 39.5. The maximum absolute atomic E-state index is 2.43. The molecule has 0 aliphatic carbocycles. The normalized spacial score (nSPS) is 14.0. The Kier molecular flexibility index (Phi) is 73.6. The fraction of sp³-hybridized carbons (Fsp3) is 0.684. The second-order valence-corrected chi connectivity index (χ2v) is 36.8. The summed E-state index contributed by atoms with van der Waals surface area (Å²) in [7, 11) is 0. The second-order valence-electron chi connectivity index (χ2n) is 36.8. The summed E-state index contributed by atoms with van der Waals surface area (Å²) in [4.78, 5) is 0. The third kappa shape index (κ3) is 62.5. The zero-order valence-corrected chi connectivity index (χ0v) is 79.0. The molecule has 0 nitrogen and oxygen atoms in total. The fourth-order valence-corrected chi connectivity index (χ4v) is 16.6. The summed E-state index contributed by atoms with van der Waals surface area (Å²) in [5.74, 6) is 8.86. The van der Waals surface area contributed by atoms with Gasteiger partial charge in [0, 0.05) is 0 Å². The Morgan fingerprint density at radius 2 is 0.360 bits per heavy atom. The summed E-state index contributed by atoms with van der Waals surface area (Å²) in [6.45, 7) is 40.0. The number of hydrogen-bond acceptors (Lipinski definition) is 0. The molecule has 11 atom stereocenters. The third-order valence-corrected chi connectivity index (χ3v) is 25.5.